The smallest absolute Gasteiger partial charge is 0.370 e. The number of carbonyl (C=O) groups excluding carboxylic acids is 1. The van der Waals surface area contributed by atoms with Gasteiger partial charge in [-0.25, -0.2) is 22.0 Å². The van der Waals surface area contributed by atoms with E-state index in [9.17, 15) is 26.4 Å². The molecule has 202 valence electrons. The first-order chi connectivity index (χ1) is 17.4. The first-order valence-corrected chi connectivity index (χ1v) is 14.2. The third kappa shape index (κ3) is 6.79. The van der Waals surface area contributed by atoms with E-state index in [1.165, 1.54) is 31.8 Å². The number of rotatable bonds is 9. The molecule has 7 nitrogen and oxygen atoms in total. The van der Waals surface area contributed by atoms with Gasteiger partial charge in [0.2, 0.25) is 21.8 Å². The van der Waals surface area contributed by atoms with Crippen molar-refractivity contribution >= 4 is 39.1 Å². The van der Waals surface area contributed by atoms with Crippen molar-refractivity contribution in [2.45, 2.75) is 48.4 Å². The molecule has 2 aromatic rings. The van der Waals surface area contributed by atoms with E-state index in [1.54, 1.807) is 41.5 Å². The van der Waals surface area contributed by atoms with Gasteiger partial charge >= 0.3 is 5.97 Å². The number of esters is 1. The Morgan fingerprint density at radius 2 is 1.92 bits per heavy atom. The Balaban J connectivity index is 2.15. The molecule has 1 unspecified atom stereocenters. The second-order valence-electron chi connectivity index (χ2n) is 8.51. The van der Waals surface area contributed by atoms with Gasteiger partial charge in [-0.2, -0.15) is 8.70 Å². The second kappa shape index (κ2) is 11.8. The molecule has 1 heterocycles. The molecule has 3 rings (SSSR count). The fraction of sp³-hybridized carbons (Fsp3) is 0.400. The number of benzene rings is 2. The molecule has 1 aliphatic rings. The van der Waals surface area contributed by atoms with Crippen LogP contribution in [0.15, 0.2) is 64.3 Å². The standard InChI is InChI=1S/C25H29F3N2O5S2/c1-5-34-24(31)19(26)16-35-21-14-23-20(13-22(21)36-4)30(17-9-7-6-8-10-17)15-18(11-12-25(2,27)28)29(3)37(23,32)33/h6-10,13-14,16,18H,5,11-12,15H2,1-4H3/b19-16-. The molecule has 0 bridgehead atoms. The molecule has 0 aromatic heterocycles. The summed E-state index contributed by atoms with van der Waals surface area (Å²) >= 11 is 1.23. The highest BCUT2D eigenvalue weighted by Crippen LogP contribution is 2.43. The molecule has 0 amide bonds. The Kier molecular flexibility index (Phi) is 9.19. The molecule has 0 saturated heterocycles. The summed E-state index contributed by atoms with van der Waals surface area (Å²) in [7, 11) is -2.82. The van der Waals surface area contributed by atoms with Crippen molar-refractivity contribution in [1.82, 2.24) is 4.31 Å². The summed E-state index contributed by atoms with van der Waals surface area (Å²) < 4.78 is 80.0. The first kappa shape index (κ1) is 28.9. The lowest BCUT2D eigenvalue weighted by molar-refractivity contribution is -0.140. The molecular formula is C25H29F3N2O5S2. The van der Waals surface area contributed by atoms with Gasteiger partial charge in [0, 0.05) is 37.8 Å². The highest BCUT2D eigenvalue weighted by molar-refractivity contribution is 7.98. The molecule has 2 aromatic carbocycles. The Hall–Kier alpha value is -2.70. The number of ether oxygens (including phenoxy) is 2. The van der Waals surface area contributed by atoms with Crippen molar-refractivity contribution < 1.29 is 35.9 Å². The summed E-state index contributed by atoms with van der Waals surface area (Å²) in [6.45, 7) is 2.44. The largest absolute Gasteiger partial charge is 0.461 e. The number of para-hydroxylation sites is 1. The highest BCUT2D eigenvalue weighted by atomic mass is 32.2. The molecule has 0 aliphatic carbocycles. The van der Waals surface area contributed by atoms with Crippen molar-refractivity contribution in [2.24, 2.45) is 0 Å². The normalized spacial score (nSPS) is 18.2. The summed E-state index contributed by atoms with van der Waals surface area (Å²) in [5, 5.41) is 0. The van der Waals surface area contributed by atoms with E-state index in [-0.39, 0.29) is 30.2 Å². The molecule has 0 saturated carbocycles. The van der Waals surface area contributed by atoms with Crippen molar-refractivity contribution in [2.75, 3.05) is 31.4 Å². The minimum absolute atomic E-state index is 0.00854. The Labute approximate surface area is 219 Å². The van der Waals surface area contributed by atoms with Crippen molar-refractivity contribution in [1.29, 1.82) is 0 Å². The molecule has 1 atom stereocenters. The van der Waals surface area contributed by atoms with Gasteiger partial charge in [-0.3, -0.25) is 0 Å². The Bertz CT molecular complexity index is 1250. The van der Waals surface area contributed by atoms with Crippen molar-refractivity contribution in [3.63, 3.8) is 0 Å². The Morgan fingerprint density at radius 3 is 2.51 bits per heavy atom. The van der Waals surface area contributed by atoms with E-state index in [0.717, 1.165) is 11.2 Å². The lowest BCUT2D eigenvalue weighted by atomic mass is 10.1. The van der Waals surface area contributed by atoms with Crippen LogP contribution in [-0.2, 0) is 19.6 Å². The van der Waals surface area contributed by atoms with Crippen LogP contribution in [0.4, 0.5) is 24.5 Å². The molecule has 0 N–H and O–H groups in total. The van der Waals surface area contributed by atoms with Crippen molar-refractivity contribution in [3.05, 3.63) is 54.6 Å². The van der Waals surface area contributed by atoms with Gasteiger partial charge < -0.3 is 14.4 Å². The molecule has 0 spiro atoms. The zero-order chi connectivity index (χ0) is 27.4. The number of nitrogens with zero attached hydrogens (tertiary/aromatic N) is 2. The van der Waals surface area contributed by atoms with Gasteiger partial charge in [0.1, 0.15) is 16.9 Å². The third-order valence-corrected chi connectivity index (χ3v) is 8.54. The molecular weight excluding hydrogens is 529 g/mol. The van der Waals surface area contributed by atoms with Crippen LogP contribution in [0.1, 0.15) is 26.7 Å². The van der Waals surface area contributed by atoms with Gasteiger partial charge in [-0.1, -0.05) is 18.2 Å². The number of fused-ring (bicyclic) bond motifs is 1. The quantitative estimate of drug-likeness (QED) is 0.168. The Morgan fingerprint density at radius 1 is 1.24 bits per heavy atom. The fourth-order valence-electron chi connectivity index (χ4n) is 3.88. The van der Waals surface area contributed by atoms with Crippen LogP contribution in [0.3, 0.4) is 0 Å². The average Bonchev–Trinajstić information content (AvgIpc) is 2.93. The maximum absolute atomic E-state index is 14.1. The minimum Gasteiger partial charge on any atom is -0.461 e. The zero-order valence-corrected chi connectivity index (χ0v) is 22.5. The lowest BCUT2D eigenvalue weighted by Gasteiger charge is -2.30. The van der Waals surface area contributed by atoms with E-state index in [1.807, 2.05) is 6.07 Å². The predicted molar refractivity (Wildman–Crippen MR) is 137 cm³/mol. The predicted octanol–water partition coefficient (Wildman–Crippen LogP) is 5.74. The number of anilines is 2. The van der Waals surface area contributed by atoms with Crippen LogP contribution in [0.2, 0.25) is 0 Å². The van der Waals surface area contributed by atoms with Gasteiger partial charge in [0.05, 0.1) is 17.2 Å². The van der Waals surface area contributed by atoms with E-state index < -0.39 is 40.2 Å². The maximum atomic E-state index is 14.1. The number of sulfonamides is 1. The number of likely N-dealkylation sites (N-methyl/N-ethyl adjacent to an activating group) is 1. The van der Waals surface area contributed by atoms with Gasteiger partial charge in [-0.05, 0) is 44.7 Å². The zero-order valence-electron chi connectivity index (χ0n) is 20.9. The van der Waals surface area contributed by atoms with E-state index >= 15 is 0 Å². The lowest BCUT2D eigenvalue weighted by Crippen LogP contribution is -2.41. The van der Waals surface area contributed by atoms with E-state index in [2.05, 4.69) is 4.74 Å². The summed E-state index contributed by atoms with van der Waals surface area (Å²) in [6, 6.07) is 11.1. The number of hydrogen-bond donors (Lipinski definition) is 0. The molecule has 0 fully saturated rings. The minimum atomic E-state index is -4.17. The number of alkyl halides is 2. The summed E-state index contributed by atoms with van der Waals surface area (Å²) in [6.07, 6.45) is 1.74. The summed E-state index contributed by atoms with van der Waals surface area (Å²) in [5.74, 6) is -5.44. The maximum Gasteiger partial charge on any atom is 0.370 e. The third-order valence-electron chi connectivity index (χ3n) is 5.84. The monoisotopic (exact) mass is 558 g/mol. The molecule has 12 heteroatoms. The second-order valence-corrected chi connectivity index (χ2v) is 11.3. The van der Waals surface area contributed by atoms with Gasteiger partial charge in [0.15, 0.2) is 0 Å². The summed E-state index contributed by atoms with van der Waals surface area (Å²) in [4.78, 5) is 13.7. The van der Waals surface area contributed by atoms with Crippen LogP contribution >= 0.6 is 11.8 Å². The number of hydrogen-bond acceptors (Lipinski definition) is 7. The number of carbonyl (C=O) groups is 1. The van der Waals surface area contributed by atoms with E-state index in [4.69, 9.17) is 4.74 Å². The van der Waals surface area contributed by atoms with Crippen LogP contribution in [0, 0.1) is 0 Å². The number of halogens is 3. The molecule has 37 heavy (non-hydrogen) atoms. The number of thioether (sulfide) groups is 1. The van der Waals surface area contributed by atoms with Crippen molar-refractivity contribution in [3.8, 4) is 5.75 Å². The molecule has 1 aliphatic heterocycles. The SMILES string of the molecule is CCOC(=O)/C(F)=C/Oc1cc2c(cc1SC)N(c1ccccc1)CC(CCC(C)(F)F)N(C)S2(=O)=O. The first-order valence-electron chi connectivity index (χ1n) is 11.5. The summed E-state index contributed by atoms with van der Waals surface area (Å²) in [5.41, 5.74) is 1.01. The van der Waals surface area contributed by atoms with Crippen LogP contribution in [-0.4, -0.2) is 57.1 Å². The van der Waals surface area contributed by atoms with Crippen LogP contribution < -0.4 is 9.64 Å². The topological polar surface area (TPSA) is 76.2 Å². The van der Waals surface area contributed by atoms with Gasteiger partial charge in [0.25, 0.3) is 0 Å². The van der Waals surface area contributed by atoms with E-state index in [0.29, 0.717) is 22.5 Å². The van der Waals surface area contributed by atoms with Crippen LogP contribution in [0.25, 0.3) is 0 Å². The van der Waals surface area contributed by atoms with Crippen LogP contribution in [0.5, 0.6) is 5.75 Å². The molecule has 0 radical (unpaired) electrons. The fourth-order valence-corrected chi connectivity index (χ4v) is 5.99. The highest BCUT2D eigenvalue weighted by Gasteiger charge is 2.39. The van der Waals surface area contributed by atoms with Gasteiger partial charge in [-0.15, -0.1) is 11.8 Å². The average molecular weight is 559 g/mol.